The number of phenols is 1. The van der Waals surface area contributed by atoms with Crippen LogP contribution in [0.5, 0.6) is 11.5 Å². The number of nitrogens with two attached hydrogens (primary N) is 1. The third-order valence-electron chi connectivity index (χ3n) is 16.5. The Morgan fingerprint density at radius 1 is 1.00 bits per heavy atom. The van der Waals surface area contributed by atoms with Gasteiger partial charge in [0.2, 0.25) is 0 Å². The Labute approximate surface area is 410 Å². The number of ether oxygens (including phenoxy) is 2. The van der Waals surface area contributed by atoms with Crippen molar-refractivity contribution in [1.82, 2.24) is 16.0 Å². The van der Waals surface area contributed by atoms with E-state index in [2.05, 4.69) is 84.1 Å². The van der Waals surface area contributed by atoms with Crippen LogP contribution in [0, 0.1) is 42.9 Å². The van der Waals surface area contributed by atoms with Gasteiger partial charge >= 0.3 is 5.97 Å². The van der Waals surface area contributed by atoms with E-state index in [4.69, 9.17) is 20.2 Å². The number of benzene rings is 3. The summed E-state index contributed by atoms with van der Waals surface area (Å²) in [4.78, 5) is 18.1. The van der Waals surface area contributed by atoms with E-state index in [1.807, 2.05) is 6.07 Å². The maximum atomic E-state index is 12.9. The molecule has 2 fully saturated rings. The van der Waals surface area contributed by atoms with Gasteiger partial charge in [0.25, 0.3) is 0 Å². The lowest BCUT2D eigenvalue weighted by Crippen LogP contribution is -2.59. The summed E-state index contributed by atoms with van der Waals surface area (Å²) in [5.41, 5.74) is 13.0. The zero-order chi connectivity index (χ0) is 48.8. The Hall–Kier alpha value is -4.64. The average molecular weight is 946 g/mol. The van der Waals surface area contributed by atoms with Crippen LogP contribution < -0.4 is 26.4 Å². The molecule has 3 aliphatic heterocycles. The molecule has 0 unspecified atom stereocenters. The number of phenolic OH excluding ortho intramolecular Hbond substituents is 1. The summed E-state index contributed by atoms with van der Waals surface area (Å²) in [5.74, 6) is 6.86. The number of esters is 1. The van der Waals surface area contributed by atoms with Gasteiger partial charge in [-0.1, -0.05) is 91.1 Å². The molecule has 8 bridgehead atoms. The number of aliphatic imine (C=N–C) groups is 1. The van der Waals surface area contributed by atoms with Crippen molar-refractivity contribution in [2.45, 2.75) is 178 Å². The van der Waals surface area contributed by atoms with Crippen LogP contribution in [0.2, 0.25) is 0 Å². The number of rotatable bonds is 5. The second-order valence-corrected chi connectivity index (χ2v) is 21.7. The Kier molecular flexibility index (Phi) is 16.3. The van der Waals surface area contributed by atoms with Gasteiger partial charge in [0.15, 0.2) is 17.5 Å². The molecule has 3 heterocycles. The molecule has 3 aromatic carbocycles. The quantitative estimate of drug-likeness (QED) is 0.0976. The first-order valence-electron chi connectivity index (χ1n) is 26.0. The van der Waals surface area contributed by atoms with Crippen LogP contribution in [0.15, 0.2) is 59.6 Å². The summed E-state index contributed by atoms with van der Waals surface area (Å²) in [6.07, 6.45) is 9.05. The number of aliphatic hydroxyl groups is 3. The van der Waals surface area contributed by atoms with Crippen LogP contribution in [0.3, 0.4) is 0 Å². The van der Waals surface area contributed by atoms with E-state index >= 15 is 0 Å². The van der Waals surface area contributed by atoms with Crippen LogP contribution >= 0.6 is 0 Å². The van der Waals surface area contributed by atoms with Gasteiger partial charge in [0, 0.05) is 55.1 Å². The predicted molar refractivity (Wildman–Crippen MR) is 271 cm³/mol. The van der Waals surface area contributed by atoms with Crippen LogP contribution in [0.4, 0.5) is 0 Å². The topological polar surface area (TPSA) is 191 Å². The summed E-state index contributed by atoms with van der Waals surface area (Å²) in [7, 11) is 0. The molecular formula is C57H79N5O7. The van der Waals surface area contributed by atoms with Crippen molar-refractivity contribution in [3.05, 3.63) is 93.5 Å². The molecule has 1 saturated heterocycles. The number of hydrogen-bond donors (Lipinski definition) is 8. The van der Waals surface area contributed by atoms with Crippen molar-refractivity contribution in [3.8, 4) is 23.3 Å². The molecule has 9 atom stereocenters. The lowest BCUT2D eigenvalue weighted by molar-refractivity contribution is -0.152. The van der Waals surface area contributed by atoms with Crippen LogP contribution in [-0.4, -0.2) is 94.0 Å². The van der Waals surface area contributed by atoms with E-state index < -0.39 is 35.6 Å². The third-order valence-corrected chi connectivity index (χ3v) is 16.5. The minimum atomic E-state index is -1.06. The summed E-state index contributed by atoms with van der Waals surface area (Å²) in [5, 5.41) is 57.6. The van der Waals surface area contributed by atoms with Gasteiger partial charge in [0.1, 0.15) is 12.2 Å². The fourth-order valence-corrected chi connectivity index (χ4v) is 12.8. The number of carbonyl (C=O) groups is 1. The largest absolute Gasteiger partial charge is 0.504 e. The molecule has 374 valence electrons. The molecule has 2 aliphatic carbocycles. The average Bonchev–Trinajstić information content (AvgIpc) is 3.31. The zero-order valence-electron chi connectivity index (χ0n) is 41.6. The zero-order valence-corrected chi connectivity index (χ0v) is 41.6. The number of hydrogen-bond acceptors (Lipinski definition) is 12. The number of aromatic hydroxyl groups is 1. The van der Waals surface area contributed by atoms with E-state index in [-0.39, 0.29) is 60.8 Å². The van der Waals surface area contributed by atoms with E-state index in [1.54, 1.807) is 13.0 Å². The van der Waals surface area contributed by atoms with Gasteiger partial charge in [-0.15, -0.1) is 0 Å². The smallest absolute Gasteiger partial charge is 0.302 e. The molecule has 3 aromatic rings. The van der Waals surface area contributed by atoms with Gasteiger partial charge in [-0.2, -0.15) is 0 Å². The molecule has 12 nitrogen and oxygen atoms in total. The number of fused-ring (bicyclic) bond motifs is 8. The van der Waals surface area contributed by atoms with Crippen molar-refractivity contribution in [2.24, 2.45) is 28.0 Å². The van der Waals surface area contributed by atoms with E-state index in [0.717, 1.165) is 82.9 Å². The SMILES string of the molecule is CC(=O)O[C@H]1C[C@@H](O)CC[C@@]2([C@H](C)O)C#C[C@@H]3CCC[C@@]4(CNCCc5cccc(c5)[C@H](Cc5cc(C)cc(C)c5)C5(CCCCC5)NC(N)=NC2)C[C@H](CCN4)Oc2cc(c(CO)cc2O)C[C@H]31. The van der Waals surface area contributed by atoms with Gasteiger partial charge < -0.3 is 51.6 Å². The molecule has 0 radical (unpaired) electrons. The maximum Gasteiger partial charge on any atom is 0.302 e. The summed E-state index contributed by atoms with van der Waals surface area (Å²) >= 11 is 0. The molecule has 12 heteroatoms. The lowest BCUT2D eigenvalue weighted by atomic mass is 9.67. The first-order chi connectivity index (χ1) is 33.2. The molecule has 8 rings (SSSR count). The minimum absolute atomic E-state index is 0.0359. The first-order valence-corrected chi connectivity index (χ1v) is 26.0. The number of carbonyl (C=O) groups excluding carboxylic acids is 1. The number of guanidine groups is 1. The summed E-state index contributed by atoms with van der Waals surface area (Å²) in [6.45, 7) is 9.54. The number of nitrogens with one attached hydrogen (secondary N) is 3. The number of aliphatic hydroxyl groups excluding tert-OH is 3. The molecule has 0 aromatic heterocycles. The second-order valence-electron chi connectivity index (χ2n) is 21.7. The molecule has 0 amide bonds. The third kappa shape index (κ3) is 12.3. The molecule has 5 aliphatic rings. The van der Waals surface area contributed by atoms with Crippen molar-refractivity contribution >= 4 is 11.9 Å². The number of nitrogens with zero attached hydrogens (tertiary/aromatic N) is 1. The van der Waals surface area contributed by atoms with Crippen molar-refractivity contribution in [3.63, 3.8) is 0 Å². The highest BCUT2D eigenvalue weighted by atomic mass is 16.5. The Morgan fingerprint density at radius 3 is 2.55 bits per heavy atom. The lowest BCUT2D eigenvalue weighted by Gasteiger charge is -2.45. The Bertz CT molecular complexity index is 2330. The highest BCUT2D eigenvalue weighted by molar-refractivity contribution is 5.79. The fraction of sp³-hybridized carbons (Fsp3) is 0.614. The van der Waals surface area contributed by atoms with E-state index in [0.29, 0.717) is 49.5 Å². The van der Waals surface area contributed by atoms with Crippen LogP contribution in [-0.2, 0) is 35.4 Å². The van der Waals surface area contributed by atoms with Gasteiger partial charge in [-0.05, 0) is 138 Å². The van der Waals surface area contributed by atoms with Crippen LogP contribution in [0.1, 0.15) is 142 Å². The van der Waals surface area contributed by atoms with E-state index in [9.17, 15) is 25.2 Å². The molecular weight excluding hydrogens is 867 g/mol. The Balaban J connectivity index is 1.28. The highest BCUT2D eigenvalue weighted by Gasteiger charge is 2.44. The number of piperidine rings is 1. The highest BCUT2D eigenvalue weighted by Crippen LogP contribution is 2.44. The van der Waals surface area contributed by atoms with Crippen molar-refractivity contribution in [1.29, 1.82) is 0 Å². The molecule has 69 heavy (non-hydrogen) atoms. The van der Waals surface area contributed by atoms with Crippen LogP contribution in [0.25, 0.3) is 0 Å². The van der Waals surface area contributed by atoms with E-state index in [1.165, 1.54) is 34.7 Å². The van der Waals surface area contributed by atoms with Crippen molar-refractivity contribution in [2.75, 3.05) is 26.2 Å². The maximum absolute atomic E-state index is 12.9. The Morgan fingerprint density at radius 2 is 1.80 bits per heavy atom. The van der Waals surface area contributed by atoms with Gasteiger partial charge in [-0.25, -0.2) is 0 Å². The summed E-state index contributed by atoms with van der Waals surface area (Å²) < 4.78 is 12.9. The minimum Gasteiger partial charge on any atom is -0.504 e. The normalized spacial score (nSPS) is 30.4. The number of aryl methyl sites for hydroxylation is 2. The standard InChI is InChI=1S/C57H79N5O7/c1-37-24-38(2)26-42(25-37)28-50-44-11-8-10-41(27-44)15-22-59-36-56-17-9-12-43-13-20-55(39(3)64,35-60-54(58)62-57(50)18-6-5-7-19-57)21-14-47(66)32-52(68-40(4)65)49(43)29-45-31-53(51(67)30-46(45)34-63)69-48(33-56)16-23-61-56/h8,10-11,24-27,30-31,39,43,47-50,52,59,61,63-64,66-67H,5-7,9,12,14-19,21-23,28-29,32-36H2,1-4H3,(H3,58,60,62)/t39-,43-,47-,48-,49+,50-,52-,55-,56-/m0/s1. The monoisotopic (exact) mass is 946 g/mol. The molecule has 9 N–H and O–H groups in total. The fourth-order valence-electron chi connectivity index (χ4n) is 12.8. The van der Waals surface area contributed by atoms with Gasteiger partial charge in [0.05, 0.1) is 30.8 Å². The second kappa shape index (κ2) is 22.2. The predicted octanol–water partition coefficient (Wildman–Crippen LogP) is 6.96. The molecule has 1 saturated carbocycles. The summed E-state index contributed by atoms with van der Waals surface area (Å²) in [6, 6.07) is 19.4. The molecule has 2 spiro atoms. The first kappa shape index (κ1) is 50.7. The van der Waals surface area contributed by atoms with Gasteiger partial charge in [-0.3, -0.25) is 9.79 Å². The van der Waals surface area contributed by atoms with Crippen molar-refractivity contribution < 1.29 is 34.7 Å².